The summed E-state index contributed by atoms with van der Waals surface area (Å²) in [5.74, 6) is -0.282. The number of hydrogen-bond acceptors (Lipinski definition) is 4. The van der Waals surface area contributed by atoms with Gasteiger partial charge in [0.25, 0.3) is 0 Å². The molecule has 2 heterocycles. The molecule has 0 bridgehead atoms. The molecular weight excluding hydrogens is 392 g/mol. The van der Waals surface area contributed by atoms with Crippen LogP contribution >= 0.6 is 0 Å². The van der Waals surface area contributed by atoms with E-state index >= 15 is 4.39 Å². The fraction of sp³-hybridized carbons (Fsp3) is 0.545. The molecule has 2 atom stereocenters. The van der Waals surface area contributed by atoms with Crippen molar-refractivity contribution in [2.45, 2.75) is 58.4 Å². The Hall–Kier alpha value is -2.48. The number of ether oxygens (including phenoxy) is 1. The molecule has 1 N–H and O–H groups in total. The lowest BCUT2D eigenvalue weighted by Gasteiger charge is -2.35. The van der Waals surface area contributed by atoms with Crippen molar-refractivity contribution in [2.75, 3.05) is 19.7 Å². The van der Waals surface area contributed by atoms with E-state index in [1.807, 2.05) is 0 Å². The first-order valence-electron chi connectivity index (χ1n) is 10.2. The van der Waals surface area contributed by atoms with Crippen LogP contribution < -0.4 is 0 Å². The Morgan fingerprint density at radius 3 is 2.70 bits per heavy atom. The molecule has 30 heavy (non-hydrogen) atoms. The fourth-order valence-electron chi connectivity index (χ4n) is 3.64. The summed E-state index contributed by atoms with van der Waals surface area (Å²) in [5, 5.41) is 9.43. The Bertz CT molecular complexity index is 908. The standard InChI is InChI=1S/C22H29F2N3O3/c1-14-11-15(5-6-17(14)23)19-13-26(9-10-28)20(25-19)16-7-8-27(12-18(16)24)21(29)30-22(2,3)4/h5-6,11,13,16,18,28H,7-10,12H2,1-4H3. The average Bonchev–Trinajstić information content (AvgIpc) is 3.06. The molecule has 0 saturated carbocycles. The number of halogens is 2. The molecule has 2 unspecified atom stereocenters. The lowest BCUT2D eigenvalue weighted by atomic mass is 9.94. The number of rotatable bonds is 4. The lowest BCUT2D eigenvalue weighted by Crippen LogP contribution is -2.46. The summed E-state index contributed by atoms with van der Waals surface area (Å²) in [5.41, 5.74) is 1.19. The molecular formula is C22H29F2N3O3. The maximum atomic E-state index is 15.1. The summed E-state index contributed by atoms with van der Waals surface area (Å²) < 4.78 is 35.8. The smallest absolute Gasteiger partial charge is 0.410 e. The summed E-state index contributed by atoms with van der Waals surface area (Å²) in [7, 11) is 0. The maximum absolute atomic E-state index is 15.1. The Morgan fingerprint density at radius 2 is 2.10 bits per heavy atom. The number of nitrogens with zero attached hydrogens (tertiary/aromatic N) is 3. The first-order valence-corrected chi connectivity index (χ1v) is 10.2. The van der Waals surface area contributed by atoms with Crippen LogP contribution in [0.1, 0.15) is 44.5 Å². The van der Waals surface area contributed by atoms with Gasteiger partial charge in [-0.1, -0.05) is 0 Å². The molecule has 6 nitrogen and oxygen atoms in total. The number of imidazole rings is 1. The number of amides is 1. The summed E-state index contributed by atoms with van der Waals surface area (Å²) in [6, 6.07) is 4.71. The van der Waals surface area contributed by atoms with Gasteiger partial charge in [0.05, 0.1) is 24.8 Å². The van der Waals surface area contributed by atoms with Gasteiger partial charge in [0.1, 0.15) is 23.4 Å². The Morgan fingerprint density at radius 1 is 1.37 bits per heavy atom. The highest BCUT2D eigenvalue weighted by molar-refractivity contribution is 5.68. The molecule has 0 spiro atoms. The molecule has 1 aliphatic heterocycles. The van der Waals surface area contributed by atoms with Crippen molar-refractivity contribution >= 4 is 6.09 Å². The van der Waals surface area contributed by atoms with Gasteiger partial charge >= 0.3 is 6.09 Å². The number of aliphatic hydroxyl groups excluding tert-OH is 1. The zero-order valence-electron chi connectivity index (χ0n) is 17.9. The molecule has 3 rings (SSSR count). The average molecular weight is 421 g/mol. The SMILES string of the molecule is Cc1cc(-c2cn(CCO)c(C3CCN(C(=O)OC(C)(C)C)CC3F)n2)ccc1F. The maximum Gasteiger partial charge on any atom is 0.410 e. The van der Waals surface area contributed by atoms with Crippen LogP contribution in [0.3, 0.4) is 0 Å². The zero-order valence-corrected chi connectivity index (χ0v) is 17.9. The summed E-state index contributed by atoms with van der Waals surface area (Å²) in [6.07, 6.45) is 0.314. The molecule has 8 heteroatoms. The highest BCUT2D eigenvalue weighted by Gasteiger charge is 2.36. The third-order valence-corrected chi connectivity index (χ3v) is 5.13. The van der Waals surface area contributed by atoms with Gasteiger partial charge in [-0.15, -0.1) is 0 Å². The van der Waals surface area contributed by atoms with Crippen molar-refractivity contribution in [3.05, 3.63) is 41.6 Å². The lowest BCUT2D eigenvalue weighted by molar-refractivity contribution is 0.0105. The van der Waals surface area contributed by atoms with E-state index in [9.17, 15) is 14.3 Å². The monoisotopic (exact) mass is 421 g/mol. The molecule has 2 aromatic rings. The van der Waals surface area contributed by atoms with Gasteiger partial charge in [-0.2, -0.15) is 0 Å². The van der Waals surface area contributed by atoms with Gasteiger partial charge in [0.2, 0.25) is 0 Å². The number of aryl methyl sites for hydroxylation is 1. The van der Waals surface area contributed by atoms with Crippen molar-refractivity contribution in [3.8, 4) is 11.3 Å². The van der Waals surface area contributed by atoms with Crippen LogP contribution in [0.15, 0.2) is 24.4 Å². The molecule has 1 aromatic heterocycles. The number of aromatic nitrogens is 2. The first kappa shape index (κ1) is 22.2. The van der Waals surface area contributed by atoms with E-state index in [1.54, 1.807) is 50.6 Å². The van der Waals surface area contributed by atoms with Gasteiger partial charge in [0, 0.05) is 24.8 Å². The Kier molecular flexibility index (Phi) is 6.45. The second-order valence-corrected chi connectivity index (χ2v) is 8.70. The van der Waals surface area contributed by atoms with E-state index < -0.39 is 23.8 Å². The third-order valence-electron chi connectivity index (χ3n) is 5.13. The number of alkyl halides is 1. The molecule has 1 amide bonds. The predicted molar refractivity (Wildman–Crippen MR) is 110 cm³/mol. The number of piperidine rings is 1. The van der Waals surface area contributed by atoms with Crippen LogP contribution in [-0.2, 0) is 11.3 Å². The van der Waals surface area contributed by atoms with Gasteiger partial charge in [-0.3, -0.25) is 0 Å². The second-order valence-electron chi connectivity index (χ2n) is 8.70. The van der Waals surface area contributed by atoms with E-state index in [0.717, 1.165) is 5.56 Å². The fourth-order valence-corrected chi connectivity index (χ4v) is 3.64. The second kappa shape index (κ2) is 8.71. The van der Waals surface area contributed by atoms with E-state index in [0.29, 0.717) is 30.0 Å². The van der Waals surface area contributed by atoms with Gasteiger partial charge in [0.15, 0.2) is 0 Å². The van der Waals surface area contributed by atoms with E-state index in [2.05, 4.69) is 4.98 Å². The summed E-state index contributed by atoms with van der Waals surface area (Å²) in [6.45, 7) is 7.45. The first-order chi connectivity index (χ1) is 14.1. The topological polar surface area (TPSA) is 67.6 Å². The molecule has 1 fully saturated rings. The molecule has 0 aliphatic carbocycles. The van der Waals surface area contributed by atoms with Crippen LogP contribution in [-0.4, -0.2) is 57.1 Å². The Labute approximate surface area is 175 Å². The molecule has 0 radical (unpaired) electrons. The number of hydrogen-bond donors (Lipinski definition) is 1. The number of carbonyl (C=O) groups is 1. The van der Waals surface area contributed by atoms with Crippen molar-refractivity contribution in [2.24, 2.45) is 0 Å². The van der Waals surface area contributed by atoms with Crippen LogP contribution in [0.4, 0.5) is 13.6 Å². The molecule has 164 valence electrons. The number of likely N-dealkylation sites (tertiary alicyclic amines) is 1. The van der Waals surface area contributed by atoms with Crippen LogP contribution in [0.5, 0.6) is 0 Å². The van der Waals surface area contributed by atoms with E-state index in [4.69, 9.17) is 4.74 Å². The molecule has 1 aromatic carbocycles. The number of aliphatic hydroxyl groups is 1. The summed E-state index contributed by atoms with van der Waals surface area (Å²) in [4.78, 5) is 18.3. The van der Waals surface area contributed by atoms with Crippen molar-refractivity contribution < 1.29 is 23.4 Å². The normalized spacial score (nSPS) is 19.8. The van der Waals surface area contributed by atoms with Crippen LogP contribution in [0.2, 0.25) is 0 Å². The highest BCUT2D eigenvalue weighted by Crippen LogP contribution is 2.33. The highest BCUT2D eigenvalue weighted by atomic mass is 19.1. The zero-order chi connectivity index (χ0) is 22.1. The minimum absolute atomic E-state index is 0.0729. The Balaban J connectivity index is 1.82. The van der Waals surface area contributed by atoms with Crippen LogP contribution in [0, 0.1) is 12.7 Å². The molecule has 1 aliphatic rings. The van der Waals surface area contributed by atoms with E-state index in [-0.39, 0.29) is 25.5 Å². The largest absolute Gasteiger partial charge is 0.444 e. The van der Waals surface area contributed by atoms with Gasteiger partial charge in [-0.25, -0.2) is 18.6 Å². The number of carbonyl (C=O) groups excluding carboxylic acids is 1. The van der Waals surface area contributed by atoms with Gasteiger partial charge in [-0.05, 0) is 57.9 Å². The van der Waals surface area contributed by atoms with Crippen LogP contribution in [0.25, 0.3) is 11.3 Å². The van der Waals surface area contributed by atoms with E-state index in [1.165, 1.54) is 11.0 Å². The number of benzene rings is 1. The third kappa shape index (κ3) is 4.98. The van der Waals surface area contributed by atoms with Crippen molar-refractivity contribution in [3.63, 3.8) is 0 Å². The van der Waals surface area contributed by atoms with Gasteiger partial charge < -0.3 is 19.3 Å². The predicted octanol–water partition coefficient (Wildman–Crippen LogP) is 4.05. The van der Waals surface area contributed by atoms with Crippen molar-refractivity contribution in [1.82, 2.24) is 14.5 Å². The van der Waals surface area contributed by atoms with Crippen molar-refractivity contribution in [1.29, 1.82) is 0 Å². The summed E-state index contributed by atoms with van der Waals surface area (Å²) >= 11 is 0. The minimum Gasteiger partial charge on any atom is -0.444 e. The molecule has 1 saturated heterocycles. The quantitative estimate of drug-likeness (QED) is 0.809. The minimum atomic E-state index is -1.31.